The van der Waals surface area contributed by atoms with E-state index in [2.05, 4.69) is 42.0 Å². The van der Waals surface area contributed by atoms with Crippen molar-refractivity contribution in [3.8, 4) is 0 Å². The molecule has 1 N–H and O–H groups in total. The fraction of sp³-hybridized carbons (Fsp3) is 1.00. The largest absolute Gasteiger partial charge is 0.317 e. The van der Waals surface area contributed by atoms with Gasteiger partial charge in [0.2, 0.25) is 0 Å². The van der Waals surface area contributed by atoms with Crippen molar-refractivity contribution in [3.63, 3.8) is 0 Å². The van der Waals surface area contributed by atoms with E-state index in [-0.39, 0.29) is 0 Å². The summed E-state index contributed by atoms with van der Waals surface area (Å²) >= 11 is 3.54. The van der Waals surface area contributed by atoms with Crippen LogP contribution < -0.4 is 5.32 Å². The van der Waals surface area contributed by atoms with Gasteiger partial charge in [0.15, 0.2) is 0 Å². The molecule has 2 heteroatoms. The van der Waals surface area contributed by atoms with E-state index in [4.69, 9.17) is 0 Å². The van der Waals surface area contributed by atoms with Gasteiger partial charge in [-0.2, -0.15) is 0 Å². The molecular weight excluding hydrogens is 190 g/mol. The quantitative estimate of drug-likeness (QED) is 0.699. The van der Waals surface area contributed by atoms with Gasteiger partial charge in [0, 0.05) is 10.9 Å². The van der Waals surface area contributed by atoms with Crippen LogP contribution >= 0.6 is 15.9 Å². The second-order valence-corrected chi connectivity index (χ2v) is 4.72. The third-order valence-corrected chi connectivity index (χ3v) is 2.13. The van der Waals surface area contributed by atoms with E-state index in [1.165, 1.54) is 6.42 Å². The summed E-state index contributed by atoms with van der Waals surface area (Å²) in [6, 6.07) is 0.648. The Morgan fingerprint density at radius 2 is 1.80 bits per heavy atom. The second kappa shape index (κ2) is 5.14. The van der Waals surface area contributed by atoms with Gasteiger partial charge >= 0.3 is 0 Å². The fourth-order valence-corrected chi connectivity index (χ4v) is 1.48. The van der Waals surface area contributed by atoms with Crippen LogP contribution in [0.5, 0.6) is 0 Å². The van der Waals surface area contributed by atoms with Crippen LogP contribution in [0.3, 0.4) is 0 Å². The van der Waals surface area contributed by atoms with Gasteiger partial charge in [0.25, 0.3) is 0 Å². The Labute approximate surface area is 72.7 Å². The molecule has 0 aliphatic rings. The van der Waals surface area contributed by atoms with Gasteiger partial charge in [0.1, 0.15) is 0 Å². The molecule has 0 heterocycles. The SMILES string of the molecule is CNC(CC(C)Br)C(C)C. The van der Waals surface area contributed by atoms with Crippen molar-refractivity contribution >= 4 is 15.9 Å². The maximum atomic E-state index is 3.54. The zero-order valence-electron chi connectivity index (χ0n) is 7.32. The molecule has 0 aromatic rings. The normalized spacial score (nSPS) is 17.4. The van der Waals surface area contributed by atoms with Crippen molar-refractivity contribution in [1.82, 2.24) is 5.32 Å². The van der Waals surface area contributed by atoms with Gasteiger partial charge in [-0.3, -0.25) is 0 Å². The molecule has 0 aliphatic heterocycles. The highest BCUT2D eigenvalue weighted by Gasteiger charge is 2.12. The minimum Gasteiger partial charge on any atom is -0.317 e. The molecule has 0 amide bonds. The highest BCUT2D eigenvalue weighted by molar-refractivity contribution is 9.09. The molecule has 0 rings (SSSR count). The molecule has 0 bridgehead atoms. The summed E-state index contributed by atoms with van der Waals surface area (Å²) in [5.41, 5.74) is 0. The van der Waals surface area contributed by atoms with Gasteiger partial charge < -0.3 is 5.32 Å². The summed E-state index contributed by atoms with van der Waals surface area (Å²) in [5, 5.41) is 3.30. The fourth-order valence-electron chi connectivity index (χ4n) is 1.07. The van der Waals surface area contributed by atoms with E-state index in [1.54, 1.807) is 0 Å². The van der Waals surface area contributed by atoms with Gasteiger partial charge in [-0.1, -0.05) is 36.7 Å². The summed E-state index contributed by atoms with van der Waals surface area (Å²) in [6.07, 6.45) is 1.20. The lowest BCUT2D eigenvalue weighted by molar-refractivity contribution is 0.404. The molecule has 0 aromatic heterocycles. The van der Waals surface area contributed by atoms with Crippen LogP contribution in [0.1, 0.15) is 27.2 Å². The Kier molecular flexibility index (Phi) is 5.36. The molecule has 0 radical (unpaired) electrons. The Morgan fingerprint density at radius 1 is 1.30 bits per heavy atom. The number of hydrogen-bond donors (Lipinski definition) is 1. The molecule has 2 atom stereocenters. The molecular formula is C8H18BrN. The van der Waals surface area contributed by atoms with E-state index in [0.29, 0.717) is 10.9 Å². The molecule has 0 saturated carbocycles. The number of rotatable bonds is 4. The van der Waals surface area contributed by atoms with Crippen LogP contribution in [0.2, 0.25) is 0 Å². The van der Waals surface area contributed by atoms with Crippen molar-refractivity contribution < 1.29 is 0 Å². The van der Waals surface area contributed by atoms with Crippen LogP contribution in [-0.2, 0) is 0 Å². The van der Waals surface area contributed by atoms with Crippen molar-refractivity contribution in [2.24, 2.45) is 5.92 Å². The second-order valence-electron chi connectivity index (χ2n) is 3.16. The van der Waals surface area contributed by atoms with E-state index in [9.17, 15) is 0 Å². The summed E-state index contributed by atoms with van der Waals surface area (Å²) < 4.78 is 0. The number of nitrogens with one attached hydrogen (secondary N) is 1. The van der Waals surface area contributed by atoms with Gasteiger partial charge in [-0.05, 0) is 19.4 Å². The Hall–Kier alpha value is 0.440. The first-order chi connectivity index (χ1) is 4.57. The van der Waals surface area contributed by atoms with Crippen LogP contribution in [0.4, 0.5) is 0 Å². The first kappa shape index (κ1) is 10.4. The van der Waals surface area contributed by atoms with Crippen molar-refractivity contribution in [2.45, 2.75) is 38.1 Å². The van der Waals surface area contributed by atoms with E-state index >= 15 is 0 Å². The summed E-state index contributed by atoms with van der Waals surface area (Å²) in [6.45, 7) is 6.68. The van der Waals surface area contributed by atoms with Gasteiger partial charge in [0.05, 0.1) is 0 Å². The number of halogens is 1. The molecule has 1 nitrogen and oxygen atoms in total. The molecule has 0 aliphatic carbocycles. The Balaban J connectivity index is 3.60. The average molecular weight is 208 g/mol. The number of hydrogen-bond acceptors (Lipinski definition) is 1. The standard InChI is InChI=1S/C8H18BrN/c1-6(2)8(10-4)5-7(3)9/h6-8,10H,5H2,1-4H3. The topological polar surface area (TPSA) is 12.0 Å². The zero-order chi connectivity index (χ0) is 8.15. The summed E-state index contributed by atoms with van der Waals surface area (Å²) in [7, 11) is 2.03. The maximum Gasteiger partial charge on any atom is 0.0132 e. The highest BCUT2D eigenvalue weighted by atomic mass is 79.9. The predicted octanol–water partition coefficient (Wildman–Crippen LogP) is 2.40. The first-order valence-corrected chi connectivity index (χ1v) is 4.80. The molecule has 62 valence electrons. The third kappa shape index (κ3) is 4.29. The molecule has 0 saturated heterocycles. The van der Waals surface area contributed by atoms with Gasteiger partial charge in [-0.25, -0.2) is 0 Å². The van der Waals surface area contributed by atoms with Crippen molar-refractivity contribution in [1.29, 1.82) is 0 Å². The van der Waals surface area contributed by atoms with Gasteiger partial charge in [-0.15, -0.1) is 0 Å². The zero-order valence-corrected chi connectivity index (χ0v) is 8.90. The number of alkyl halides is 1. The highest BCUT2D eigenvalue weighted by Crippen LogP contribution is 2.12. The minimum absolute atomic E-state index is 0.618. The maximum absolute atomic E-state index is 3.54. The van der Waals surface area contributed by atoms with Crippen molar-refractivity contribution in [2.75, 3.05) is 7.05 Å². The third-order valence-electron chi connectivity index (χ3n) is 1.75. The lowest BCUT2D eigenvalue weighted by Gasteiger charge is -2.21. The van der Waals surface area contributed by atoms with Crippen LogP contribution in [0.15, 0.2) is 0 Å². The molecule has 10 heavy (non-hydrogen) atoms. The first-order valence-electron chi connectivity index (χ1n) is 3.89. The van der Waals surface area contributed by atoms with E-state index in [0.717, 1.165) is 5.92 Å². The lowest BCUT2D eigenvalue weighted by atomic mass is 10.0. The minimum atomic E-state index is 0.618. The smallest absolute Gasteiger partial charge is 0.0132 e. The summed E-state index contributed by atoms with van der Waals surface area (Å²) in [5.74, 6) is 0.727. The monoisotopic (exact) mass is 207 g/mol. The molecule has 2 unspecified atom stereocenters. The predicted molar refractivity (Wildman–Crippen MR) is 50.7 cm³/mol. The van der Waals surface area contributed by atoms with Crippen LogP contribution in [0, 0.1) is 5.92 Å². The Bertz CT molecular complexity index is 81.3. The molecule has 0 aromatic carbocycles. The van der Waals surface area contributed by atoms with Crippen LogP contribution in [0.25, 0.3) is 0 Å². The molecule has 0 spiro atoms. The average Bonchev–Trinajstić information content (AvgIpc) is 1.81. The van der Waals surface area contributed by atoms with E-state index < -0.39 is 0 Å². The lowest BCUT2D eigenvalue weighted by Crippen LogP contribution is -2.32. The Morgan fingerprint density at radius 3 is 1.90 bits per heavy atom. The van der Waals surface area contributed by atoms with Crippen LogP contribution in [-0.4, -0.2) is 17.9 Å². The molecule has 0 fully saturated rings. The van der Waals surface area contributed by atoms with E-state index in [1.807, 2.05) is 7.05 Å². The summed E-state index contributed by atoms with van der Waals surface area (Å²) in [4.78, 5) is 0.618. The van der Waals surface area contributed by atoms with Crippen molar-refractivity contribution in [3.05, 3.63) is 0 Å².